The summed E-state index contributed by atoms with van der Waals surface area (Å²) in [4.78, 5) is 13.5. The molecule has 1 saturated carbocycles. The minimum absolute atomic E-state index is 0.332. The minimum Gasteiger partial charge on any atom is -0.378 e. The Morgan fingerprint density at radius 2 is 2.19 bits per heavy atom. The van der Waals surface area contributed by atoms with Crippen LogP contribution in [0.3, 0.4) is 0 Å². The van der Waals surface area contributed by atoms with Gasteiger partial charge in [-0.1, -0.05) is 6.07 Å². The maximum Gasteiger partial charge on any atom is 0.257 e. The fourth-order valence-corrected chi connectivity index (χ4v) is 2.13. The average molecular weight is 218 g/mol. The Labute approximate surface area is 93.9 Å². The molecule has 1 aromatic rings. The van der Waals surface area contributed by atoms with Crippen LogP contribution < -0.4 is 10.2 Å². The first-order valence-electron chi connectivity index (χ1n) is 5.52. The number of aliphatic hydroxyl groups is 1. The third-order valence-electron chi connectivity index (χ3n) is 3.34. The van der Waals surface area contributed by atoms with Gasteiger partial charge in [-0.15, -0.1) is 0 Å². The van der Waals surface area contributed by atoms with Crippen molar-refractivity contribution in [1.29, 1.82) is 0 Å². The number of carbonyl (C=O) groups is 1. The molecule has 2 N–H and O–H groups in total. The summed E-state index contributed by atoms with van der Waals surface area (Å²) in [6, 6.07) is 6.36. The van der Waals surface area contributed by atoms with E-state index in [1.807, 2.05) is 18.2 Å². The number of hydrogen-bond acceptors (Lipinski definition) is 3. The van der Waals surface area contributed by atoms with Crippen LogP contribution in [0.15, 0.2) is 18.2 Å². The van der Waals surface area contributed by atoms with Gasteiger partial charge in [0.25, 0.3) is 5.91 Å². The van der Waals surface area contributed by atoms with Crippen molar-refractivity contribution in [2.45, 2.75) is 25.0 Å². The van der Waals surface area contributed by atoms with Gasteiger partial charge in [0.15, 0.2) is 6.10 Å². The monoisotopic (exact) mass is 218 g/mol. The Kier molecular flexibility index (Phi) is 1.94. The van der Waals surface area contributed by atoms with E-state index in [1.165, 1.54) is 12.8 Å². The summed E-state index contributed by atoms with van der Waals surface area (Å²) in [5.41, 5.74) is 2.51. The van der Waals surface area contributed by atoms with Crippen molar-refractivity contribution in [2.24, 2.45) is 0 Å². The van der Waals surface area contributed by atoms with E-state index in [2.05, 4.69) is 17.3 Å². The summed E-state index contributed by atoms with van der Waals surface area (Å²) in [5, 5.41) is 12.3. The second-order valence-corrected chi connectivity index (χ2v) is 4.51. The molecule has 0 spiro atoms. The van der Waals surface area contributed by atoms with E-state index in [9.17, 15) is 9.90 Å². The molecule has 0 saturated heterocycles. The van der Waals surface area contributed by atoms with Crippen molar-refractivity contribution in [3.05, 3.63) is 23.8 Å². The molecule has 1 heterocycles. The number of fused-ring (bicyclic) bond motifs is 1. The van der Waals surface area contributed by atoms with Crippen LogP contribution in [0.4, 0.5) is 11.4 Å². The van der Waals surface area contributed by atoms with Gasteiger partial charge in [0.2, 0.25) is 0 Å². The number of amides is 1. The molecule has 1 atom stereocenters. The van der Waals surface area contributed by atoms with E-state index in [-0.39, 0.29) is 5.91 Å². The van der Waals surface area contributed by atoms with Gasteiger partial charge in [-0.3, -0.25) is 4.79 Å². The molecule has 1 aliphatic heterocycles. The standard InChI is InChI=1S/C12H14N2O2/c1-14(7-2-3-7)8-4-5-9-10(6-8)13-12(16)11(9)15/h4-7,11,15H,2-3H2,1H3,(H,13,16). The molecule has 3 rings (SSSR count). The molecule has 0 radical (unpaired) electrons. The first-order chi connectivity index (χ1) is 7.66. The molecule has 2 aliphatic rings. The summed E-state index contributed by atoms with van der Waals surface area (Å²) in [5.74, 6) is -0.332. The second kappa shape index (κ2) is 3.22. The molecule has 84 valence electrons. The zero-order valence-corrected chi connectivity index (χ0v) is 9.10. The lowest BCUT2D eigenvalue weighted by Gasteiger charge is -2.19. The van der Waals surface area contributed by atoms with Crippen molar-refractivity contribution >= 4 is 17.3 Å². The number of hydrogen-bond donors (Lipinski definition) is 2. The second-order valence-electron chi connectivity index (χ2n) is 4.51. The molecule has 4 nitrogen and oxygen atoms in total. The lowest BCUT2D eigenvalue weighted by Crippen LogP contribution is -2.19. The van der Waals surface area contributed by atoms with E-state index >= 15 is 0 Å². The predicted molar refractivity (Wildman–Crippen MR) is 61.5 cm³/mol. The topological polar surface area (TPSA) is 52.6 Å². The van der Waals surface area contributed by atoms with Crippen LogP contribution in [0, 0.1) is 0 Å². The Balaban J connectivity index is 1.94. The zero-order chi connectivity index (χ0) is 11.3. The normalized spacial score (nSPS) is 22.9. The first kappa shape index (κ1) is 9.66. The summed E-state index contributed by atoms with van der Waals surface area (Å²) in [7, 11) is 2.06. The molecule has 1 aromatic carbocycles. The number of nitrogens with one attached hydrogen (secondary N) is 1. The zero-order valence-electron chi connectivity index (χ0n) is 9.10. The van der Waals surface area contributed by atoms with Gasteiger partial charge in [-0.25, -0.2) is 0 Å². The Bertz CT molecular complexity index is 454. The van der Waals surface area contributed by atoms with E-state index < -0.39 is 6.10 Å². The summed E-state index contributed by atoms with van der Waals surface area (Å²) in [6.45, 7) is 0. The number of benzene rings is 1. The number of carbonyl (C=O) groups excluding carboxylic acids is 1. The third kappa shape index (κ3) is 1.38. The number of anilines is 2. The van der Waals surface area contributed by atoms with Crippen LogP contribution in [-0.2, 0) is 4.79 Å². The van der Waals surface area contributed by atoms with Gasteiger partial charge >= 0.3 is 0 Å². The van der Waals surface area contributed by atoms with Crippen LogP contribution in [0.25, 0.3) is 0 Å². The van der Waals surface area contributed by atoms with E-state index in [0.29, 0.717) is 11.6 Å². The van der Waals surface area contributed by atoms with Gasteiger partial charge in [0.05, 0.1) is 0 Å². The highest BCUT2D eigenvalue weighted by molar-refractivity contribution is 6.02. The lowest BCUT2D eigenvalue weighted by molar-refractivity contribution is -0.123. The Morgan fingerprint density at radius 3 is 2.88 bits per heavy atom. The number of aliphatic hydroxyl groups excluding tert-OH is 1. The van der Waals surface area contributed by atoms with E-state index in [4.69, 9.17) is 0 Å². The van der Waals surface area contributed by atoms with E-state index in [1.54, 1.807) is 0 Å². The molecule has 1 aliphatic carbocycles. The van der Waals surface area contributed by atoms with Crippen molar-refractivity contribution in [2.75, 3.05) is 17.3 Å². The summed E-state index contributed by atoms with van der Waals surface area (Å²) in [6.07, 6.45) is 1.47. The molecule has 4 heteroatoms. The number of rotatable bonds is 2. The third-order valence-corrected chi connectivity index (χ3v) is 3.34. The van der Waals surface area contributed by atoms with Gasteiger partial charge in [0.1, 0.15) is 0 Å². The molecule has 1 amide bonds. The van der Waals surface area contributed by atoms with Crippen LogP contribution in [0.2, 0.25) is 0 Å². The summed E-state index contributed by atoms with van der Waals surface area (Å²) < 4.78 is 0. The summed E-state index contributed by atoms with van der Waals surface area (Å²) >= 11 is 0. The van der Waals surface area contributed by atoms with Crippen LogP contribution in [-0.4, -0.2) is 24.1 Å². The molecule has 0 bridgehead atoms. The smallest absolute Gasteiger partial charge is 0.257 e. The van der Waals surface area contributed by atoms with Gasteiger partial charge in [-0.2, -0.15) is 0 Å². The molecule has 1 unspecified atom stereocenters. The van der Waals surface area contributed by atoms with Gasteiger partial charge < -0.3 is 15.3 Å². The van der Waals surface area contributed by atoms with Gasteiger partial charge in [0, 0.05) is 30.0 Å². The lowest BCUT2D eigenvalue weighted by atomic mass is 10.1. The van der Waals surface area contributed by atoms with E-state index in [0.717, 1.165) is 11.4 Å². The molecular weight excluding hydrogens is 204 g/mol. The fourth-order valence-electron chi connectivity index (χ4n) is 2.13. The highest BCUT2D eigenvalue weighted by Gasteiger charge is 2.30. The molecular formula is C12H14N2O2. The van der Waals surface area contributed by atoms with Crippen molar-refractivity contribution in [3.8, 4) is 0 Å². The SMILES string of the molecule is CN(c1ccc2c(c1)NC(=O)C2O)C1CC1. The van der Waals surface area contributed by atoms with Crippen LogP contribution in [0.1, 0.15) is 24.5 Å². The van der Waals surface area contributed by atoms with Crippen LogP contribution in [0.5, 0.6) is 0 Å². The minimum atomic E-state index is -1.00. The quantitative estimate of drug-likeness (QED) is 0.786. The fraction of sp³-hybridized carbons (Fsp3) is 0.417. The molecule has 0 aromatic heterocycles. The highest BCUT2D eigenvalue weighted by Crippen LogP contribution is 2.36. The van der Waals surface area contributed by atoms with Crippen molar-refractivity contribution in [3.63, 3.8) is 0 Å². The van der Waals surface area contributed by atoms with Crippen LogP contribution >= 0.6 is 0 Å². The number of nitrogens with zero attached hydrogens (tertiary/aromatic N) is 1. The van der Waals surface area contributed by atoms with Crippen molar-refractivity contribution < 1.29 is 9.90 Å². The Hall–Kier alpha value is -1.55. The first-order valence-corrected chi connectivity index (χ1v) is 5.52. The average Bonchev–Trinajstić information content (AvgIpc) is 3.07. The maximum atomic E-state index is 11.3. The largest absolute Gasteiger partial charge is 0.378 e. The maximum absolute atomic E-state index is 11.3. The van der Waals surface area contributed by atoms with Gasteiger partial charge in [-0.05, 0) is 25.0 Å². The van der Waals surface area contributed by atoms with Crippen molar-refractivity contribution in [1.82, 2.24) is 0 Å². The molecule has 16 heavy (non-hydrogen) atoms. The molecule has 1 fully saturated rings. The predicted octanol–water partition coefficient (Wildman–Crippen LogP) is 1.27. The highest BCUT2D eigenvalue weighted by atomic mass is 16.3. The Morgan fingerprint density at radius 1 is 1.44 bits per heavy atom.